The molecule has 1 aromatic carbocycles. The zero-order valence-corrected chi connectivity index (χ0v) is 11.0. The van der Waals surface area contributed by atoms with Crippen LogP contribution in [0.2, 0.25) is 0 Å². The van der Waals surface area contributed by atoms with Gasteiger partial charge in [-0.3, -0.25) is 4.99 Å². The van der Waals surface area contributed by atoms with Crippen molar-refractivity contribution >= 4 is 22.6 Å². The Balaban J connectivity index is 1.66. The highest BCUT2D eigenvalue weighted by atomic mass is 32.2. The number of amidine groups is 1. The molecule has 0 saturated heterocycles. The van der Waals surface area contributed by atoms with E-state index in [0.29, 0.717) is 0 Å². The first-order chi connectivity index (χ1) is 8.36. The van der Waals surface area contributed by atoms with E-state index in [1.54, 1.807) is 0 Å². The zero-order chi connectivity index (χ0) is 11.7. The summed E-state index contributed by atoms with van der Waals surface area (Å²) in [5.41, 5.74) is 2.59. The highest BCUT2D eigenvalue weighted by Gasteiger charge is 2.35. The first-order valence-corrected chi connectivity index (χ1v) is 7.31. The number of thioether (sulfide) groups is 1. The number of hydrogen-bond acceptors (Lipinski definition) is 3. The van der Waals surface area contributed by atoms with E-state index in [-0.39, 0.29) is 0 Å². The van der Waals surface area contributed by atoms with E-state index in [9.17, 15) is 0 Å². The maximum Gasteiger partial charge on any atom is 0.161 e. The van der Waals surface area contributed by atoms with Crippen molar-refractivity contribution in [2.24, 2.45) is 10.9 Å². The van der Waals surface area contributed by atoms with E-state index in [2.05, 4.69) is 41.5 Å². The first kappa shape index (κ1) is 11.1. The summed E-state index contributed by atoms with van der Waals surface area (Å²) < 4.78 is 0. The van der Waals surface area contributed by atoms with Gasteiger partial charge in [0.05, 0.1) is 6.54 Å². The van der Waals surface area contributed by atoms with Gasteiger partial charge in [0, 0.05) is 10.9 Å². The Bertz CT molecular complexity index is 438. The molecule has 1 N–H and O–H groups in total. The van der Waals surface area contributed by atoms with Crippen molar-refractivity contribution in [1.29, 1.82) is 0 Å². The van der Waals surface area contributed by atoms with Crippen molar-refractivity contribution in [3.05, 3.63) is 29.8 Å². The molecule has 1 saturated carbocycles. The maximum absolute atomic E-state index is 4.62. The Morgan fingerprint density at radius 1 is 1.35 bits per heavy atom. The van der Waals surface area contributed by atoms with Crippen LogP contribution in [-0.2, 0) is 6.42 Å². The van der Waals surface area contributed by atoms with Crippen LogP contribution in [0.15, 0.2) is 29.3 Å². The molecule has 0 aromatic heterocycles. The molecule has 2 aliphatic rings. The van der Waals surface area contributed by atoms with Crippen molar-refractivity contribution in [3.8, 4) is 0 Å². The molecule has 0 radical (unpaired) electrons. The van der Waals surface area contributed by atoms with Crippen LogP contribution < -0.4 is 5.32 Å². The van der Waals surface area contributed by atoms with Crippen molar-refractivity contribution < 1.29 is 0 Å². The molecule has 1 atom stereocenters. The predicted octanol–water partition coefficient (Wildman–Crippen LogP) is 3.54. The molecule has 1 heterocycles. The second kappa shape index (κ2) is 4.73. The molecule has 3 rings (SSSR count). The number of aryl methyl sites for hydroxylation is 1. The predicted molar refractivity (Wildman–Crippen MR) is 75.8 cm³/mol. The number of nitrogens with one attached hydrogen (secondary N) is 1. The van der Waals surface area contributed by atoms with Gasteiger partial charge in [0.1, 0.15) is 0 Å². The number of aliphatic imine (C=N–C) groups is 1. The first-order valence-electron chi connectivity index (χ1n) is 6.43. The summed E-state index contributed by atoms with van der Waals surface area (Å²) in [5.74, 6) is 0.935. The van der Waals surface area contributed by atoms with E-state index in [0.717, 1.165) is 29.3 Å². The maximum atomic E-state index is 4.62. The zero-order valence-electron chi connectivity index (χ0n) is 10.1. The Kier molecular flexibility index (Phi) is 3.10. The summed E-state index contributed by atoms with van der Waals surface area (Å²) in [4.78, 5) is 4.62. The molecule has 0 bridgehead atoms. The Labute approximate surface area is 107 Å². The third kappa shape index (κ3) is 2.49. The average Bonchev–Trinajstić information content (AvgIpc) is 3.11. The lowest BCUT2D eigenvalue weighted by molar-refractivity contribution is 0.773. The summed E-state index contributed by atoms with van der Waals surface area (Å²) in [7, 11) is 0. The molecule has 2 nitrogen and oxygen atoms in total. The summed E-state index contributed by atoms with van der Waals surface area (Å²) >= 11 is 1.93. The summed E-state index contributed by atoms with van der Waals surface area (Å²) in [6, 6.07) is 8.51. The smallest absolute Gasteiger partial charge is 0.161 e. The topological polar surface area (TPSA) is 24.4 Å². The number of anilines is 1. The van der Waals surface area contributed by atoms with E-state index in [1.165, 1.54) is 24.1 Å². The van der Waals surface area contributed by atoms with Crippen molar-refractivity contribution in [2.75, 3.05) is 11.9 Å². The van der Waals surface area contributed by atoms with E-state index < -0.39 is 0 Å². The standard InChI is InChI=1S/C14H18N2S/c1-2-10-5-3-4-6-12(10)16-14-15-9-13(17-14)11-7-8-11/h3-6,11,13H,2,7-9H2,1H3,(H,15,16). The normalized spacial score (nSPS) is 23.6. The molecule has 1 aliphatic carbocycles. The molecule has 1 aliphatic heterocycles. The van der Waals surface area contributed by atoms with Crippen LogP contribution in [0, 0.1) is 5.92 Å². The van der Waals surface area contributed by atoms with Gasteiger partial charge in [-0.15, -0.1) is 0 Å². The van der Waals surface area contributed by atoms with Gasteiger partial charge in [-0.05, 0) is 36.8 Å². The fourth-order valence-electron chi connectivity index (χ4n) is 2.24. The van der Waals surface area contributed by atoms with E-state index >= 15 is 0 Å². The fraction of sp³-hybridized carbons (Fsp3) is 0.500. The highest BCUT2D eigenvalue weighted by molar-refractivity contribution is 8.15. The van der Waals surface area contributed by atoms with Crippen LogP contribution in [0.5, 0.6) is 0 Å². The van der Waals surface area contributed by atoms with E-state index in [4.69, 9.17) is 0 Å². The third-order valence-corrected chi connectivity index (χ3v) is 4.76. The number of para-hydroxylation sites is 1. The van der Waals surface area contributed by atoms with Gasteiger partial charge in [-0.2, -0.15) is 0 Å². The second-order valence-electron chi connectivity index (χ2n) is 4.78. The Hall–Kier alpha value is -0.960. The van der Waals surface area contributed by atoms with Crippen LogP contribution in [0.25, 0.3) is 0 Å². The summed E-state index contributed by atoms with van der Waals surface area (Å²) in [6.45, 7) is 3.20. The van der Waals surface area contributed by atoms with Crippen molar-refractivity contribution in [2.45, 2.75) is 31.4 Å². The number of hydrogen-bond donors (Lipinski definition) is 1. The van der Waals surface area contributed by atoms with Gasteiger partial charge in [-0.25, -0.2) is 0 Å². The van der Waals surface area contributed by atoms with Gasteiger partial charge in [0.25, 0.3) is 0 Å². The van der Waals surface area contributed by atoms with Crippen LogP contribution in [0.3, 0.4) is 0 Å². The average molecular weight is 246 g/mol. The Morgan fingerprint density at radius 3 is 2.94 bits per heavy atom. The van der Waals surface area contributed by atoms with Gasteiger partial charge >= 0.3 is 0 Å². The highest BCUT2D eigenvalue weighted by Crippen LogP contribution is 2.42. The lowest BCUT2D eigenvalue weighted by Gasteiger charge is -2.11. The molecule has 3 heteroatoms. The lowest BCUT2D eigenvalue weighted by Crippen LogP contribution is -2.10. The third-order valence-electron chi connectivity index (χ3n) is 3.47. The number of rotatable bonds is 3. The minimum Gasteiger partial charge on any atom is -0.335 e. The number of benzene rings is 1. The molecule has 90 valence electrons. The molecule has 0 spiro atoms. The van der Waals surface area contributed by atoms with Gasteiger partial charge < -0.3 is 5.32 Å². The van der Waals surface area contributed by atoms with Crippen LogP contribution in [0.4, 0.5) is 5.69 Å². The van der Waals surface area contributed by atoms with Gasteiger partial charge in [-0.1, -0.05) is 36.9 Å². The Morgan fingerprint density at radius 2 is 2.18 bits per heavy atom. The molecular formula is C14H18N2S. The molecule has 0 amide bonds. The van der Waals surface area contributed by atoms with Crippen molar-refractivity contribution in [3.63, 3.8) is 0 Å². The van der Waals surface area contributed by atoms with Gasteiger partial charge in [0.2, 0.25) is 0 Å². The van der Waals surface area contributed by atoms with Crippen LogP contribution in [0.1, 0.15) is 25.3 Å². The SMILES string of the molecule is CCc1ccccc1NC1=NCC(C2CC2)S1. The van der Waals surface area contributed by atoms with Crippen molar-refractivity contribution in [1.82, 2.24) is 0 Å². The number of nitrogens with zero attached hydrogens (tertiary/aromatic N) is 1. The monoisotopic (exact) mass is 246 g/mol. The molecule has 1 unspecified atom stereocenters. The lowest BCUT2D eigenvalue weighted by atomic mass is 10.1. The fourth-order valence-corrected chi connectivity index (χ4v) is 3.46. The van der Waals surface area contributed by atoms with Gasteiger partial charge in [0.15, 0.2) is 5.17 Å². The summed E-state index contributed by atoms with van der Waals surface area (Å²) in [5, 5.41) is 5.34. The second-order valence-corrected chi connectivity index (χ2v) is 6.00. The molecule has 1 aromatic rings. The minimum absolute atomic E-state index is 0.742. The quantitative estimate of drug-likeness (QED) is 0.882. The van der Waals surface area contributed by atoms with E-state index in [1.807, 2.05) is 11.8 Å². The largest absolute Gasteiger partial charge is 0.335 e. The molecular weight excluding hydrogens is 228 g/mol. The van der Waals surface area contributed by atoms with Crippen LogP contribution >= 0.6 is 11.8 Å². The van der Waals surface area contributed by atoms with Crippen LogP contribution in [-0.4, -0.2) is 17.0 Å². The molecule has 1 fully saturated rings. The molecule has 17 heavy (non-hydrogen) atoms. The minimum atomic E-state index is 0.742. The summed E-state index contributed by atoms with van der Waals surface area (Å²) in [6.07, 6.45) is 3.88.